The number of halogens is 5. The molecular weight excluding hydrogens is 879 g/mol. The van der Waals surface area contributed by atoms with Gasteiger partial charge in [0.1, 0.15) is 57.5 Å². The van der Waals surface area contributed by atoms with Crippen molar-refractivity contribution in [2.24, 2.45) is 11.5 Å². The van der Waals surface area contributed by atoms with Crippen molar-refractivity contribution < 1.29 is 46.1 Å². The fraction of sp³-hybridized carbons (Fsp3) is 0.0976. The highest BCUT2D eigenvalue weighted by molar-refractivity contribution is 9.11. The predicted molar refractivity (Wildman–Crippen MR) is 218 cm³/mol. The van der Waals surface area contributed by atoms with Gasteiger partial charge in [0.15, 0.2) is 23.1 Å². The zero-order chi connectivity index (χ0) is 42.2. The second-order valence-electron chi connectivity index (χ2n) is 12.0. The minimum atomic E-state index is -1.21. The maximum Gasteiger partial charge on any atom is 0.254 e. The molecule has 0 aliphatic carbocycles. The Hall–Kier alpha value is -6.37. The summed E-state index contributed by atoms with van der Waals surface area (Å²) in [5.74, 6) is -5.88. The van der Waals surface area contributed by atoms with Gasteiger partial charge < -0.3 is 30.4 Å². The van der Waals surface area contributed by atoms with E-state index in [1.165, 1.54) is 22.7 Å². The summed E-state index contributed by atoms with van der Waals surface area (Å²) in [7, 11) is 3.17. The molecule has 11 nitrogen and oxygen atoms in total. The maximum atomic E-state index is 14.5. The number of carbonyl (C=O) groups excluding carboxylic acids is 2. The summed E-state index contributed by atoms with van der Waals surface area (Å²) < 4.78 is 77.9. The molecule has 3 aromatic heterocycles. The standard InChI is InChI=1S/C23H17F2N3O3S.C18H13BrF2N2O3S/c1-30-15-6-4-13(5-7-15)21-22(14-3-2-10-27-11-14)32-18(28-21)12-31-17-9-8-16(24)19(20(17)25)23(26)29;1-25-10-4-2-9(3-5-10)16-17(19)27-13(23-16)8-26-12-7-6-11(20)14(15(12)21)18(22)24/h2-11H,12H2,1H3,(H2,26,29);2-7H,8H2,1H3,(H2,22,24). The number of primary amides is 2. The van der Waals surface area contributed by atoms with Crippen molar-refractivity contribution in [2.45, 2.75) is 13.2 Å². The first-order chi connectivity index (χ1) is 28.4. The molecule has 0 saturated heterocycles. The van der Waals surface area contributed by atoms with Crippen molar-refractivity contribution in [3.63, 3.8) is 0 Å². The molecule has 0 aliphatic rings. The van der Waals surface area contributed by atoms with Crippen molar-refractivity contribution >= 4 is 50.4 Å². The lowest BCUT2D eigenvalue weighted by molar-refractivity contribution is 0.0982. The molecular formula is C41H30BrF4N5O6S2. The van der Waals surface area contributed by atoms with Crippen molar-refractivity contribution in [2.75, 3.05) is 14.2 Å². The lowest BCUT2D eigenvalue weighted by Gasteiger charge is -2.08. The van der Waals surface area contributed by atoms with Crippen LogP contribution in [0.1, 0.15) is 30.7 Å². The number of hydrogen-bond donors (Lipinski definition) is 2. The van der Waals surface area contributed by atoms with E-state index in [9.17, 15) is 27.2 Å². The number of carbonyl (C=O) groups is 2. The van der Waals surface area contributed by atoms with Gasteiger partial charge in [-0.15, -0.1) is 22.7 Å². The number of rotatable bonds is 13. The lowest BCUT2D eigenvalue weighted by atomic mass is 10.1. The van der Waals surface area contributed by atoms with Crippen LogP contribution in [0.4, 0.5) is 17.6 Å². The number of thiazole rings is 2. The van der Waals surface area contributed by atoms with Crippen LogP contribution in [0.25, 0.3) is 33.0 Å². The smallest absolute Gasteiger partial charge is 0.254 e. The van der Waals surface area contributed by atoms with E-state index in [1.54, 1.807) is 26.6 Å². The van der Waals surface area contributed by atoms with E-state index in [0.29, 0.717) is 27.2 Å². The van der Waals surface area contributed by atoms with E-state index in [0.717, 1.165) is 55.4 Å². The minimum Gasteiger partial charge on any atom is -0.497 e. The number of pyridine rings is 1. The van der Waals surface area contributed by atoms with Gasteiger partial charge >= 0.3 is 0 Å². The third kappa shape index (κ3) is 9.85. The Balaban J connectivity index is 0.000000201. The van der Waals surface area contributed by atoms with Crippen molar-refractivity contribution in [3.8, 4) is 56.0 Å². The molecule has 2 amide bonds. The molecule has 7 rings (SSSR count). The van der Waals surface area contributed by atoms with E-state index >= 15 is 0 Å². The highest BCUT2D eigenvalue weighted by atomic mass is 79.9. The molecule has 0 saturated carbocycles. The lowest BCUT2D eigenvalue weighted by Crippen LogP contribution is -2.16. The summed E-state index contributed by atoms with van der Waals surface area (Å²) >= 11 is 6.13. The molecule has 7 aromatic rings. The van der Waals surface area contributed by atoms with E-state index in [2.05, 4.69) is 30.9 Å². The fourth-order valence-electron chi connectivity index (χ4n) is 5.42. The number of amides is 2. The number of ether oxygens (including phenoxy) is 4. The van der Waals surface area contributed by atoms with Crippen LogP contribution in [0.5, 0.6) is 23.0 Å². The van der Waals surface area contributed by atoms with E-state index in [1.807, 2.05) is 60.7 Å². The van der Waals surface area contributed by atoms with Gasteiger partial charge in [-0.3, -0.25) is 14.6 Å². The largest absolute Gasteiger partial charge is 0.497 e. The quantitative estimate of drug-likeness (QED) is 0.107. The zero-order valence-electron chi connectivity index (χ0n) is 30.8. The van der Waals surface area contributed by atoms with Crippen molar-refractivity contribution in [1.29, 1.82) is 0 Å². The number of hydrogen-bond acceptors (Lipinski definition) is 11. The van der Waals surface area contributed by atoms with Gasteiger partial charge in [0.05, 0.1) is 34.3 Å². The van der Waals surface area contributed by atoms with Crippen LogP contribution in [0.2, 0.25) is 0 Å². The second kappa shape index (κ2) is 18.9. The first-order valence-electron chi connectivity index (χ1n) is 17.0. The molecule has 0 radical (unpaired) electrons. The normalized spacial score (nSPS) is 10.7. The Morgan fingerprint density at radius 3 is 1.58 bits per heavy atom. The number of aromatic nitrogens is 3. The summed E-state index contributed by atoms with van der Waals surface area (Å²) in [5, 5.41) is 1.12. The van der Waals surface area contributed by atoms with Gasteiger partial charge in [0, 0.05) is 29.1 Å². The van der Waals surface area contributed by atoms with Gasteiger partial charge in [-0.05, 0) is 94.8 Å². The summed E-state index contributed by atoms with van der Waals surface area (Å²) in [6.07, 6.45) is 3.40. The SMILES string of the molecule is COc1ccc(-c2nc(COc3ccc(F)c(C(N)=O)c3F)sc2-c2cccnc2)cc1.COc1ccc(-c2nc(COc3ccc(F)c(C(N)=O)c3F)sc2Br)cc1. The molecule has 0 atom stereocenters. The number of nitrogens with two attached hydrogens (primary N) is 2. The van der Waals surface area contributed by atoms with E-state index in [4.69, 9.17) is 30.4 Å². The Bertz CT molecular complexity index is 2610. The molecule has 4 N–H and O–H groups in total. The molecule has 59 heavy (non-hydrogen) atoms. The van der Waals surface area contributed by atoms with Crippen LogP contribution in [-0.2, 0) is 13.2 Å². The van der Waals surface area contributed by atoms with Gasteiger partial charge in [-0.2, -0.15) is 0 Å². The molecule has 0 spiro atoms. The van der Waals surface area contributed by atoms with Crippen molar-refractivity contribution in [3.05, 3.63) is 146 Å². The molecule has 18 heteroatoms. The Kier molecular flexibility index (Phi) is 13.5. The highest BCUT2D eigenvalue weighted by Crippen LogP contribution is 2.38. The molecule has 3 heterocycles. The molecule has 0 fully saturated rings. The monoisotopic (exact) mass is 907 g/mol. The highest BCUT2D eigenvalue weighted by Gasteiger charge is 2.22. The number of nitrogens with zero attached hydrogens (tertiary/aromatic N) is 3. The van der Waals surface area contributed by atoms with Gasteiger partial charge in [0.2, 0.25) is 0 Å². The Morgan fingerprint density at radius 1 is 0.644 bits per heavy atom. The van der Waals surface area contributed by atoms with E-state index < -0.39 is 46.2 Å². The minimum absolute atomic E-state index is 0.0554. The Labute approximate surface area is 350 Å². The topological polar surface area (TPSA) is 162 Å². The zero-order valence-corrected chi connectivity index (χ0v) is 34.0. The van der Waals surface area contributed by atoms with Crippen LogP contribution in [-0.4, -0.2) is 41.0 Å². The molecule has 0 unspecified atom stereocenters. The summed E-state index contributed by atoms with van der Waals surface area (Å²) in [6.45, 7) is -0.144. The van der Waals surface area contributed by atoms with Gasteiger partial charge in [0.25, 0.3) is 11.8 Å². The molecule has 302 valence electrons. The van der Waals surface area contributed by atoms with Crippen molar-refractivity contribution in [1.82, 2.24) is 15.0 Å². The first kappa shape index (κ1) is 42.2. The average Bonchev–Trinajstić information content (AvgIpc) is 3.84. The van der Waals surface area contributed by atoms with Crippen LogP contribution in [0.15, 0.2) is 101 Å². The van der Waals surface area contributed by atoms with Crippen LogP contribution < -0.4 is 30.4 Å². The number of methoxy groups -OCH3 is 2. The predicted octanol–water partition coefficient (Wildman–Crippen LogP) is 9.37. The van der Waals surface area contributed by atoms with Crippen LogP contribution in [0, 0.1) is 23.3 Å². The third-order valence-electron chi connectivity index (χ3n) is 8.26. The average molecular weight is 909 g/mol. The van der Waals surface area contributed by atoms with E-state index in [-0.39, 0.29) is 24.7 Å². The fourth-order valence-corrected chi connectivity index (χ4v) is 8.00. The molecule has 0 aliphatic heterocycles. The second-order valence-corrected chi connectivity index (χ2v) is 15.5. The summed E-state index contributed by atoms with van der Waals surface area (Å²) in [6, 6.07) is 22.6. The van der Waals surface area contributed by atoms with Gasteiger partial charge in [-0.25, -0.2) is 27.5 Å². The summed E-state index contributed by atoms with van der Waals surface area (Å²) in [5.41, 5.74) is 12.4. The third-order valence-corrected chi connectivity index (χ3v) is 11.0. The summed E-state index contributed by atoms with van der Waals surface area (Å²) in [4.78, 5) is 36.7. The maximum absolute atomic E-state index is 14.5. The molecule has 0 bridgehead atoms. The van der Waals surface area contributed by atoms with Crippen LogP contribution >= 0.6 is 38.6 Å². The molecule has 4 aromatic carbocycles. The Morgan fingerprint density at radius 2 is 1.12 bits per heavy atom. The van der Waals surface area contributed by atoms with Crippen LogP contribution in [0.3, 0.4) is 0 Å². The first-order valence-corrected chi connectivity index (χ1v) is 19.5. The van der Waals surface area contributed by atoms with Gasteiger partial charge in [-0.1, -0.05) is 6.07 Å². The number of benzene rings is 4.